The number of hydrogen-bond acceptors (Lipinski definition) is 4. The van der Waals surface area contributed by atoms with Crippen molar-refractivity contribution in [2.45, 2.75) is 104 Å². The molecule has 30 heavy (non-hydrogen) atoms. The summed E-state index contributed by atoms with van der Waals surface area (Å²) in [6, 6.07) is 0. The van der Waals surface area contributed by atoms with E-state index >= 15 is 0 Å². The number of fused-ring (bicyclic) bond motifs is 5. The van der Waals surface area contributed by atoms with Gasteiger partial charge in [-0.2, -0.15) is 0 Å². The SMILES string of the molecule is CC(=O)[C@H]1CC[C@H]2[C@@H]3CC[C@@H]4CC(=O)CC[C@]4(C)[C@H]3[C@H](O[C@@H]3CCCCO3)C[C@]12C. The van der Waals surface area contributed by atoms with Crippen LogP contribution in [0.2, 0.25) is 0 Å². The lowest BCUT2D eigenvalue weighted by atomic mass is 9.44. The van der Waals surface area contributed by atoms with Gasteiger partial charge in [0, 0.05) is 25.4 Å². The van der Waals surface area contributed by atoms with Gasteiger partial charge in [-0.15, -0.1) is 0 Å². The number of hydrogen-bond donors (Lipinski definition) is 0. The summed E-state index contributed by atoms with van der Waals surface area (Å²) in [5, 5.41) is 0. The summed E-state index contributed by atoms with van der Waals surface area (Å²) in [7, 11) is 0. The highest BCUT2D eigenvalue weighted by molar-refractivity contribution is 5.80. The zero-order valence-corrected chi connectivity index (χ0v) is 19.2. The molecule has 9 atom stereocenters. The molecule has 4 heteroatoms. The number of Topliss-reactive ketones (excluding diaryl/α,β-unsaturated/α-hetero) is 2. The summed E-state index contributed by atoms with van der Waals surface area (Å²) >= 11 is 0. The maximum Gasteiger partial charge on any atom is 0.157 e. The summed E-state index contributed by atoms with van der Waals surface area (Å²) in [5.74, 6) is 3.26. The zero-order chi connectivity index (χ0) is 21.1. The molecule has 0 aromatic rings. The van der Waals surface area contributed by atoms with E-state index in [1.54, 1.807) is 6.92 Å². The smallest absolute Gasteiger partial charge is 0.157 e. The van der Waals surface area contributed by atoms with Gasteiger partial charge >= 0.3 is 0 Å². The van der Waals surface area contributed by atoms with Crippen LogP contribution in [0.4, 0.5) is 0 Å². The lowest BCUT2D eigenvalue weighted by Crippen LogP contribution is -2.60. The van der Waals surface area contributed by atoms with Crippen LogP contribution < -0.4 is 0 Å². The molecule has 4 saturated carbocycles. The van der Waals surface area contributed by atoms with Gasteiger partial charge in [0.25, 0.3) is 0 Å². The zero-order valence-electron chi connectivity index (χ0n) is 19.2. The highest BCUT2D eigenvalue weighted by atomic mass is 16.7. The molecular formula is C26H40O4. The molecule has 5 rings (SSSR count). The van der Waals surface area contributed by atoms with Crippen LogP contribution in [0.15, 0.2) is 0 Å². The topological polar surface area (TPSA) is 52.6 Å². The van der Waals surface area contributed by atoms with Gasteiger partial charge in [-0.1, -0.05) is 13.8 Å². The number of rotatable bonds is 3. The Balaban J connectivity index is 1.50. The highest BCUT2D eigenvalue weighted by Gasteiger charge is 2.64. The molecule has 1 heterocycles. The lowest BCUT2D eigenvalue weighted by molar-refractivity contribution is -0.252. The number of ether oxygens (including phenoxy) is 2. The van der Waals surface area contributed by atoms with Crippen molar-refractivity contribution >= 4 is 11.6 Å². The van der Waals surface area contributed by atoms with Gasteiger partial charge in [0.1, 0.15) is 11.6 Å². The van der Waals surface area contributed by atoms with E-state index in [1.165, 1.54) is 25.7 Å². The van der Waals surface area contributed by atoms with Crippen LogP contribution in [0.1, 0.15) is 91.4 Å². The van der Waals surface area contributed by atoms with Crippen LogP contribution in [-0.2, 0) is 19.1 Å². The average molecular weight is 417 g/mol. The fourth-order valence-electron chi connectivity index (χ4n) is 8.94. The van der Waals surface area contributed by atoms with E-state index in [9.17, 15) is 9.59 Å². The van der Waals surface area contributed by atoms with E-state index in [2.05, 4.69) is 13.8 Å². The Labute approximate surface area is 181 Å². The normalized spacial score (nSPS) is 51.0. The third-order valence-corrected chi connectivity index (χ3v) is 10.3. The molecule has 0 radical (unpaired) electrons. The summed E-state index contributed by atoms with van der Waals surface area (Å²) in [6.07, 6.45) is 11.5. The minimum atomic E-state index is -0.0871. The van der Waals surface area contributed by atoms with Crippen LogP contribution in [0.3, 0.4) is 0 Å². The fourth-order valence-corrected chi connectivity index (χ4v) is 8.94. The maximum atomic E-state index is 12.6. The van der Waals surface area contributed by atoms with Gasteiger partial charge in [0.15, 0.2) is 6.29 Å². The summed E-state index contributed by atoms with van der Waals surface area (Å²) in [4.78, 5) is 24.9. The van der Waals surface area contributed by atoms with Gasteiger partial charge in [0.05, 0.1) is 6.10 Å². The van der Waals surface area contributed by atoms with E-state index in [0.717, 1.165) is 51.6 Å². The molecule has 5 aliphatic rings. The molecule has 4 nitrogen and oxygen atoms in total. The number of carbonyl (C=O) groups is 2. The third kappa shape index (κ3) is 3.23. The molecule has 0 N–H and O–H groups in total. The van der Waals surface area contributed by atoms with Crippen LogP contribution in [0.25, 0.3) is 0 Å². The summed E-state index contributed by atoms with van der Waals surface area (Å²) < 4.78 is 12.8. The molecule has 0 aromatic heterocycles. The Kier molecular flexibility index (Phi) is 5.41. The molecule has 0 unspecified atom stereocenters. The molecule has 1 saturated heterocycles. The number of carbonyl (C=O) groups excluding carboxylic acids is 2. The fraction of sp³-hybridized carbons (Fsp3) is 0.923. The van der Waals surface area contributed by atoms with Gasteiger partial charge in [-0.05, 0) is 99.2 Å². The van der Waals surface area contributed by atoms with Gasteiger partial charge < -0.3 is 9.47 Å². The van der Waals surface area contributed by atoms with E-state index < -0.39 is 0 Å². The second kappa shape index (κ2) is 7.69. The monoisotopic (exact) mass is 416 g/mol. The lowest BCUT2D eigenvalue weighted by Gasteiger charge is -2.62. The molecule has 0 amide bonds. The van der Waals surface area contributed by atoms with Crippen LogP contribution in [-0.4, -0.2) is 30.6 Å². The van der Waals surface area contributed by atoms with E-state index in [1.807, 2.05) is 0 Å². The first kappa shape index (κ1) is 21.1. The second-order valence-electron chi connectivity index (χ2n) is 11.7. The first-order chi connectivity index (χ1) is 14.3. The predicted molar refractivity (Wildman–Crippen MR) is 115 cm³/mol. The molecule has 0 spiro atoms. The van der Waals surface area contributed by atoms with E-state index in [0.29, 0.717) is 35.2 Å². The minimum Gasteiger partial charge on any atom is -0.353 e. The van der Waals surface area contributed by atoms with Crippen LogP contribution in [0.5, 0.6) is 0 Å². The van der Waals surface area contributed by atoms with Crippen molar-refractivity contribution in [1.82, 2.24) is 0 Å². The van der Waals surface area contributed by atoms with Gasteiger partial charge in [0.2, 0.25) is 0 Å². The Hall–Kier alpha value is -0.740. The van der Waals surface area contributed by atoms with E-state index in [4.69, 9.17) is 9.47 Å². The van der Waals surface area contributed by atoms with E-state index in [-0.39, 0.29) is 29.1 Å². The first-order valence-electron chi connectivity index (χ1n) is 12.6. The van der Waals surface area contributed by atoms with Crippen molar-refractivity contribution in [3.8, 4) is 0 Å². The predicted octanol–water partition coefficient (Wildman–Crippen LogP) is 5.33. The number of ketones is 2. The summed E-state index contributed by atoms with van der Waals surface area (Å²) in [5.41, 5.74) is 0.242. The molecule has 168 valence electrons. The van der Waals surface area contributed by atoms with Crippen molar-refractivity contribution in [1.29, 1.82) is 0 Å². The first-order valence-corrected chi connectivity index (χ1v) is 12.6. The molecule has 5 fully saturated rings. The molecule has 4 aliphatic carbocycles. The quantitative estimate of drug-likeness (QED) is 0.624. The van der Waals surface area contributed by atoms with Crippen LogP contribution >= 0.6 is 0 Å². The van der Waals surface area contributed by atoms with Crippen molar-refractivity contribution in [2.24, 2.45) is 40.4 Å². The Morgan fingerprint density at radius 2 is 1.90 bits per heavy atom. The van der Waals surface area contributed by atoms with Gasteiger partial charge in [-0.3, -0.25) is 9.59 Å². The average Bonchev–Trinajstić information content (AvgIpc) is 3.06. The van der Waals surface area contributed by atoms with Crippen molar-refractivity contribution < 1.29 is 19.1 Å². The standard InChI is InChI=1S/C26H40O4/c1-16(27)20-9-10-21-19-8-7-17-14-18(28)11-12-25(17,2)24(19)22(15-26(20,21)3)30-23-6-4-5-13-29-23/h17,19-24H,4-15H2,1-3H3/t17-,19+,20-,21+,22-,23-,24-,25+,26-/m1/s1. The van der Waals surface area contributed by atoms with Crippen molar-refractivity contribution in [2.75, 3.05) is 6.61 Å². The summed E-state index contributed by atoms with van der Waals surface area (Å²) in [6.45, 7) is 7.47. The Bertz CT molecular complexity index is 697. The molecular weight excluding hydrogens is 376 g/mol. The minimum absolute atomic E-state index is 0.0556. The van der Waals surface area contributed by atoms with Gasteiger partial charge in [-0.25, -0.2) is 0 Å². The van der Waals surface area contributed by atoms with Crippen molar-refractivity contribution in [3.63, 3.8) is 0 Å². The van der Waals surface area contributed by atoms with Crippen molar-refractivity contribution in [3.05, 3.63) is 0 Å². The highest BCUT2D eigenvalue weighted by Crippen LogP contribution is 2.67. The molecule has 0 bridgehead atoms. The van der Waals surface area contributed by atoms with Crippen LogP contribution in [0, 0.1) is 40.4 Å². The second-order valence-corrected chi connectivity index (χ2v) is 11.7. The Morgan fingerprint density at radius 3 is 2.63 bits per heavy atom. The third-order valence-electron chi connectivity index (χ3n) is 10.3. The Morgan fingerprint density at radius 1 is 1.07 bits per heavy atom. The molecule has 1 aliphatic heterocycles. The largest absolute Gasteiger partial charge is 0.353 e. The maximum absolute atomic E-state index is 12.6. The molecule has 0 aromatic carbocycles.